The molecule has 0 atom stereocenters. The topological polar surface area (TPSA) is 64.7 Å². The fraction of sp³-hybridized carbons (Fsp3) is 0.267. The van der Waals surface area contributed by atoms with Gasteiger partial charge in [0.05, 0.1) is 18.4 Å². The Hall–Kier alpha value is -2.55. The molecule has 0 saturated carbocycles. The first-order chi connectivity index (χ1) is 11.8. The number of aryl methyl sites for hydroxylation is 1. The molecule has 0 aliphatic heterocycles. The molecule has 0 aliphatic rings. The van der Waals surface area contributed by atoms with Gasteiger partial charge in [-0.05, 0) is 24.3 Å². The number of nitrogens with zero attached hydrogens (tertiary/aromatic N) is 4. The molecule has 2 aromatic heterocycles. The lowest BCUT2D eigenvalue weighted by Gasteiger charge is -2.14. The lowest BCUT2D eigenvalue weighted by Crippen LogP contribution is -2.25. The first kappa shape index (κ1) is 17.3. The quantitative estimate of drug-likeness (QED) is 0.765. The van der Waals surface area contributed by atoms with Crippen LogP contribution in [0.5, 0.6) is 0 Å². The van der Waals surface area contributed by atoms with Crippen molar-refractivity contribution in [2.24, 2.45) is 7.05 Å². The maximum absolute atomic E-state index is 12.8. The van der Waals surface area contributed by atoms with Crippen molar-refractivity contribution in [3.8, 4) is 5.69 Å². The van der Waals surface area contributed by atoms with E-state index in [0.717, 1.165) is 0 Å². The highest BCUT2D eigenvalue weighted by atomic mass is 35.5. The molecule has 0 amide bonds. The molecule has 0 fully saturated rings. The van der Waals surface area contributed by atoms with Crippen molar-refractivity contribution in [1.29, 1.82) is 0 Å². The minimum atomic E-state index is -4.31. The molecule has 1 N–H and O–H groups in total. The summed E-state index contributed by atoms with van der Waals surface area (Å²) < 4.78 is 40.0. The van der Waals surface area contributed by atoms with E-state index in [1.54, 1.807) is 31.3 Å². The zero-order valence-corrected chi connectivity index (χ0v) is 13.8. The van der Waals surface area contributed by atoms with Crippen LogP contribution in [-0.4, -0.2) is 31.8 Å². The van der Waals surface area contributed by atoms with Gasteiger partial charge in [-0.15, -0.1) is 0 Å². The van der Waals surface area contributed by atoms with Crippen LogP contribution < -0.4 is 10.9 Å². The van der Waals surface area contributed by atoms with Gasteiger partial charge in [-0.25, -0.2) is 9.55 Å². The van der Waals surface area contributed by atoms with E-state index in [-0.39, 0.29) is 17.1 Å². The van der Waals surface area contributed by atoms with Crippen LogP contribution in [0.1, 0.15) is 6.42 Å². The average molecular weight is 372 g/mol. The summed E-state index contributed by atoms with van der Waals surface area (Å²) in [6, 6.07) is 6.31. The molecule has 0 unspecified atom stereocenters. The third-order valence-corrected chi connectivity index (χ3v) is 3.76. The van der Waals surface area contributed by atoms with Gasteiger partial charge in [0.2, 0.25) is 5.95 Å². The van der Waals surface area contributed by atoms with Gasteiger partial charge < -0.3 is 9.88 Å². The summed E-state index contributed by atoms with van der Waals surface area (Å²) in [4.78, 5) is 21.0. The highest BCUT2D eigenvalue weighted by Crippen LogP contribution is 2.21. The highest BCUT2D eigenvalue weighted by molar-refractivity contribution is 6.30. The van der Waals surface area contributed by atoms with E-state index in [4.69, 9.17) is 11.6 Å². The van der Waals surface area contributed by atoms with Crippen LogP contribution in [0.15, 0.2) is 35.4 Å². The number of halogens is 4. The number of imidazole rings is 1. The fourth-order valence-electron chi connectivity index (χ4n) is 2.32. The number of anilines is 1. The lowest BCUT2D eigenvalue weighted by molar-refractivity contribution is -0.131. The van der Waals surface area contributed by atoms with Gasteiger partial charge in [-0.3, -0.25) is 4.79 Å². The normalized spacial score (nSPS) is 11.9. The minimum Gasteiger partial charge on any atom is -0.355 e. The summed E-state index contributed by atoms with van der Waals surface area (Å²) in [5.74, 6) is 0.00710. The first-order valence-corrected chi connectivity index (χ1v) is 7.65. The van der Waals surface area contributed by atoms with Crippen molar-refractivity contribution in [1.82, 2.24) is 19.1 Å². The molecule has 0 saturated heterocycles. The molecule has 2 heterocycles. The molecule has 1 aromatic carbocycles. The Balaban J connectivity index is 2.11. The van der Waals surface area contributed by atoms with E-state index in [2.05, 4.69) is 15.3 Å². The molecule has 0 aliphatic carbocycles. The smallest absolute Gasteiger partial charge is 0.355 e. The van der Waals surface area contributed by atoms with Crippen molar-refractivity contribution in [3.63, 3.8) is 0 Å². The summed E-state index contributed by atoms with van der Waals surface area (Å²) in [6.45, 7) is -0.410. The molecule has 3 rings (SSSR count). The standard InChI is InChI=1S/C15H13ClF3N5O/c1-23-8-21-11-12(23)22-14(20-7-6-15(17,18)19)24(13(11)25)10-4-2-9(16)3-5-10/h2-5,8H,6-7H2,1H3,(H,20,22). The number of hydrogen-bond donors (Lipinski definition) is 1. The Labute approximate surface area is 144 Å². The van der Waals surface area contributed by atoms with Gasteiger partial charge in [-0.2, -0.15) is 18.2 Å². The van der Waals surface area contributed by atoms with E-state index in [1.807, 2.05) is 0 Å². The second-order valence-corrected chi connectivity index (χ2v) is 5.81. The van der Waals surface area contributed by atoms with Crippen LogP contribution >= 0.6 is 11.6 Å². The average Bonchev–Trinajstić information content (AvgIpc) is 2.89. The van der Waals surface area contributed by atoms with Crippen molar-refractivity contribution in [2.75, 3.05) is 11.9 Å². The van der Waals surface area contributed by atoms with Crippen molar-refractivity contribution >= 4 is 28.7 Å². The van der Waals surface area contributed by atoms with E-state index < -0.39 is 24.7 Å². The number of alkyl halides is 3. The molecule has 0 radical (unpaired) electrons. The number of fused-ring (bicyclic) bond motifs is 1. The van der Waals surface area contributed by atoms with E-state index >= 15 is 0 Å². The van der Waals surface area contributed by atoms with E-state index in [0.29, 0.717) is 10.7 Å². The van der Waals surface area contributed by atoms with Crippen LogP contribution in [0.2, 0.25) is 5.02 Å². The Bertz CT molecular complexity index is 962. The molecule has 132 valence electrons. The van der Waals surface area contributed by atoms with Gasteiger partial charge in [0.1, 0.15) is 0 Å². The number of benzene rings is 1. The lowest BCUT2D eigenvalue weighted by atomic mass is 10.3. The summed E-state index contributed by atoms with van der Waals surface area (Å²) in [7, 11) is 1.65. The molecule has 25 heavy (non-hydrogen) atoms. The minimum absolute atomic E-state index is 0.00710. The second-order valence-electron chi connectivity index (χ2n) is 5.37. The maximum atomic E-state index is 12.8. The maximum Gasteiger partial charge on any atom is 0.390 e. The Morgan fingerprint density at radius 3 is 2.56 bits per heavy atom. The van der Waals surface area contributed by atoms with Crippen LogP contribution in [0, 0.1) is 0 Å². The van der Waals surface area contributed by atoms with Gasteiger partial charge in [0.25, 0.3) is 5.56 Å². The van der Waals surface area contributed by atoms with Gasteiger partial charge >= 0.3 is 6.18 Å². The second kappa shape index (κ2) is 6.40. The molecule has 10 heteroatoms. The zero-order valence-electron chi connectivity index (χ0n) is 13.0. The Morgan fingerprint density at radius 2 is 1.92 bits per heavy atom. The van der Waals surface area contributed by atoms with Crippen LogP contribution in [0.3, 0.4) is 0 Å². The third kappa shape index (κ3) is 3.60. The highest BCUT2D eigenvalue weighted by Gasteiger charge is 2.26. The molecule has 3 aromatic rings. The Morgan fingerprint density at radius 1 is 1.24 bits per heavy atom. The molecule has 6 nitrogen and oxygen atoms in total. The predicted octanol–water partition coefficient (Wildman–Crippen LogP) is 3.14. The van der Waals surface area contributed by atoms with Crippen molar-refractivity contribution in [2.45, 2.75) is 12.6 Å². The third-order valence-electron chi connectivity index (χ3n) is 3.51. The van der Waals surface area contributed by atoms with E-state index in [1.165, 1.54) is 15.5 Å². The summed E-state index contributed by atoms with van der Waals surface area (Å²) in [5.41, 5.74) is 0.343. The van der Waals surface area contributed by atoms with Crippen LogP contribution in [-0.2, 0) is 7.05 Å². The zero-order chi connectivity index (χ0) is 18.2. The fourth-order valence-corrected chi connectivity index (χ4v) is 2.45. The summed E-state index contributed by atoms with van der Waals surface area (Å²) in [6.07, 6.45) is -3.94. The molecule has 0 spiro atoms. The van der Waals surface area contributed by atoms with Gasteiger partial charge in [0, 0.05) is 18.6 Å². The number of aromatic nitrogens is 4. The number of nitrogens with one attached hydrogen (secondary N) is 1. The molecular weight excluding hydrogens is 359 g/mol. The van der Waals surface area contributed by atoms with Crippen LogP contribution in [0.25, 0.3) is 16.9 Å². The SMILES string of the molecule is Cn1cnc2c(=O)n(-c3ccc(Cl)cc3)c(NCCC(F)(F)F)nc21. The van der Waals surface area contributed by atoms with E-state index in [9.17, 15) is 18.0 Å². The Kier molecular flexibility index (Phi) is 4.42. The largest absolute Gasteiger partial charge is 0.390 e. The summed E-state index contributed by atoms with van der Waals surface area (Å²) >= 11 is 5.85. The van der Waals surface area contributed by atoms with Gasteiger partial charge in [-0.1, -0.05) is 11.6 Å². The van der Waals surface area contributed by atoms with Gasteiger partial charge in [0.15, 0.2) is 11.2 Å². The molecular formula is C15H13ClF3N5O. The number of rotatable bonds is 4. The summed E-state index contributed by atoms with van der Waals surface area (Å²) in [5, 5.41) is 3.06. The van der Waals surface area contributed by atoms with Crippen molar-refractivity contribution in [3.05, 3.63) is 46.0 Å². The van der Waals surface area contributed by atoms with Crippen molar-refractivity contribution < 1.29 is 13.2 Å². The van der Waals surface area contributed by atoms with Crippen LogP contribution in [0.4, 0.5) is 19.1 Å². The monoisotopic (exact) mass is 371 g/mol. The first-order valence-electron chi connectivity index (χ1n) is 7.27. The predicted molar refractivity (Wildman–Crippen MR) is 88.3 cm³/mol. The molecule has 0 bridgehead atoms. The number of hydrogen-bond acceptors (Lipinski definition) is 4.